The fraction of sp³-hybridized carbons (Fsp3) is 0.455. The first-order valence-electron chi connectivity index (χ1n) is 5.92. The zero-order valence-electron chi connectivity index (χ0n) is 10.3. The van der Waals surface area contributed by atoms with E-state index in [2.05, 4.69) is 15.3 Å². The molecule has 0 radical (unpaired) electrons. The number of nitrogens with two attached hydrogens (primary N) is 1. The topological polar surface area (TPSA) is 91.6 Å². The van der Waals surface area contributed by atoms with Gasteiger partial charge in [-0.15, -0.1) is 5.10 Å². The fourth-order valence-electron chi connectivity index (χ4n) is 1.70. The molecule has 96 valence electrons. The number of nitrogens with zero attached hydrogens (tertiary/aromatic N) is 5. The molecule has 0 atom stereocenters. The van der Waals surface area contributed by atoms with E-state index in [0.717, 1.165) is 13.0 Å². The molecule has 7 nitrogen and oxygen atoms in total. The Hall–Kier alpha value is -2.02. The highest BCUT2D eigenvalue weighted by Gasteiger charge is 2.18. The van der Waals surface area contributed by atoms with E-state index < -0.39 is 0 Å². The van der Waals surface area contributed by atoms with Crippen molar-refractivity contribution in [2.75, 3.05) is 6.54 Å². The molecule has 0 aromatic carbocycles. The van der Waals surface area contributed by atoms with Crippen LogP contribution in [0.25, 0.3) is 0 Å². The van der Waals surface area contributed by atoms with Crippen LogP contribution in [0.3, 0.4) is 0 Å². The van der Waals surface area contributed by atoms with Crippen molar-refractivity contribution in [2.45, 2.75) is 26.4 Å². The van der Waals surface area contributed by atoms with Crippen LogP contribution in [0.15, 0.2) is 18.6 Å². The largest absolute Gasteiger partial charge is 0.329 e. The van der Waals surface area contributed by atoms with Crippen molar-refractivity contribution in [2.24, 2.45) is 5.73 Å². The average molecular weight is 248 g/mol. The number of hydrogen-bond donors (Lipinski definition) is 1. The number of imidazole rings is 1. The van der Waals surface area contributed by atoms with Crippen LogP contribution in [0.4, 0.5) is 0 Å². The van der Waals surface area contributed by atoms with E-state index in [1.807, 2.05) is 11.5 Å². The molecule has 7 heteroatoms. The maximum absolute atomic E-state index is 12.2. The molecule has 0 bridgehead atoms. The predicted octanol–water partition coefficient (Wildman–Crippen LogP) is 0.0743. The van der Waals surface area contributed by atoms with Crippen LogP contribution in [-0.2, 0) is 13.1 Å². The van der Waals surface area contributed by atoms with Crippen molar-refractivity contribution in [1.29, 1.82) is 0 Å². The van der Waals surface area contributed by atoms with Crippen LogP contribution in [-0.4, -0.2) is 36.9 Å². The summed E-state index contributed by atoms with van der Waals surface area (Å²) in [6, 6.07) is 0. The summed E-state index contributed by atoms with van der Waals surface area (Å²) in [6.45, 7) is 3.81. The zero-order valence-corrected chi connectivity index (χ0v) is 10.3. The molecule has 0 amide bonds. The Bertz CT molecular complexity index is 529. The van der Waals surface area contributed by atoms with Crippen LogP contribution in [0.2, 0.25) is 0 Å². The average Bonchev–Trinajstić information content (AvgIpc) is 2.98. The maximum atomic E-state index is 12.2. The van der Waals surface area contributed by atoms with E-state index in [-0.39, 0.29) is 5.78 Å². The Balaban J connectivity index is 2.21. The van der Waals surface area contributed by atoms with E-state index in [0.29, 0.717) is 24.6 Å². The summed E-state index contributed by atoms with van der Waals surface area (Å²) in [5.41, 5.74) is 5.71. The molecule has 18 heavy (non-hydrogen) atoms. The first-order chi connectivity index (χ1) is 8.76. The van der Waals surface area contributed by atoms with E-state index in [1.54, 1.807) is 23.3 Å². The summed E-state index contributed by atoms with van der Waals surface area (Å²) in [5.74, 6) is 0.188. The lowest BCUT2D eigenvalue weighted by molar-refractivity contribution is 0.102. The summed E-state index contributed by atoms with van der Waals surface area (Å²) < 4.78 is 3.38. The Morgan fingerprint density at radius 2 is 2.28 bits per heavy atom. The smallest absolute Gasteiger partial charge is 0.250 e. The maximum Gasteiger partial charge on any atom is 0.250 e. The molecule has 2 aromatic heterocycles. The van der Waals surface area contributed by atoms with E-state index in [1.165, 1.54) is 0 Å². The molecule has 2 rings (SSSR count). The highest BCUT2D eigenvalue weighted by Crippen LogP contribution is 2.06. The molecule has 2 aromatic rings. The summed E-state index contributed by atoms with van der Waals surface area (Å²) in [7, 11) is 0. The molecule has 0 saturated carbocycles. The number of hydrogen-bond acceptors (Lipinski definition) is 5. The van der Waals surface area contributed by atoms with Gasteiger partial charge in [0.1, 0.15) is 0 Å². The highest BCUT2D eigenvalue weighted by atomic mass is 16.1. The zero-order chi connectivity index (χ0) is 13.0. The minimum Gasteiger partial charge on any atom is -0.329 e. The van der Waals surface area contributed by atoms with Crippen molar-refractivity contribution in [3.8, 4) is 0 Å². The quantitative estimate of drug-likeness (QED) is 0.731. The first kappa shape index (κ1) is 12.4. The van der Waals surface area contributed by atoms with Crippen molar-refractivity contribution in [3.05, 3.63) is 30.1 Å². The Morgan fingerprint density at radius 1 is 1.44 bits per heavy atom. The van der Waals surface area contributed by atoms with Gasteiger partial charge in [-0.3, -0.25) is 9.48 Å². The monoisotopic (exact) mass is 248 g/mol. The number of carbonyl (C=O) groups is 1. The van der Waals surface area contributed by atoms with Gasteiger partial charge in [0, 0.05) is 25.5 Å². The van der Waals surface area contributed by atoms with Crippen LogP contribution >= 0.6 is 0 Å². The first-order valence-corrected chi connectivity index (χ1v) is 5.92. The van der Waals surface area contributed by atoms with E-state index in [4.69, 9.17) is 5.73 Å². The Labute approximate surface area is 105 Å². The SMILES string of the molecule is CCCn1ccnc1C(=O)c1cn(CCN)nn1. The molecular formula is C11H16N6O. The third-order valence-electron chi connectivity index (χ3n) is 2.51. The highest BCUT2D eigenvalue weighted by molar-refractivity contribution is 6.05. The molecule has 0 unspecified atom stereocenters. The predicted molar refractivity (Wildman–Crippen MR) is 65.0 cm³/mol. The van der Waals surface area contributed by atoms with Crippen LogP contribution < -0.4 is 5.73 Å². The minimum absolute atomic E-state index is 0.211. The second-order valence-corrected chi connectivity index (χ2v) is 3.93. The standard InChI is InChI=1S/C11H16N6O/c1-2-5-16-7-4-13-11(16)10(18)9-8-17(6-3-12)15-14-9/h4,7-8H,2-3,5-6,12H2,1H3. The molecule has 0 fully saturated rings. The summed E-state index contributed by atoms with van der Waals surface area (Å²) in [6.07, 6.45) is 5.95. The van der Waals surface area contributed by atoms with Crippen molar-refractivity contribution < 1.29 is 4.79 Å². The van der Waals surface area contributed by atoms with E-state index >= 15 is 0 Å². The second-order valence-electron chi connectivity index (χ2n) is 3.93. The molecule has 2 heterocycles. The molecule has 0 saturated heterocycles. The van der Waals surface area contributed by atoms with Gasteiger partial charge in [0.05, 0.1) is 12.7 Å². The number of aromatic nitrogens is 5. The molecule has 0 aliphatic carbocycles. The molecule has 0 aliphatic heterocycles. The van der Waals surface area contributed by atoms with Gasteiger partial charge < -0.3 is 10.3 Å². The molecular weight excluding hydrogens is 232 g/mol. The summed E-state index contributed by atoms with van der Waals surface area (Å²) in [4.78, 5) is 16.3. The van der Waals surface area contributed by atoms with E-state index in [9.17, 15) is 4.79 Å². The van der Waals surface area contributed by atoms with Crippen molar-refractivity contribution >= 4 is 5.78 Å². The van der Waals surface area contributed by atoms with Crippen LogP contribution in [0.5, 0.6) is 0 Å². The number of carbonyl (C=O) groups excluding carboxylic acids is 1. The van der Waals surface area contributed by atoms with Crippen molar-refractivity contribution in [3.63, 3.8) is 0 Å². The summed E-state index contributed by atoms with van der Waals surface area (Å²) >= 11 is 0. The number of ketones is 1. The van der Waals surface area contributed by atoms with Gasteiger partial charge >= 0.3 is 0 Å². The van der Waals surface area contributed by atoms with Gasteiger partial charge in [-0.25, -0.2) is 4.98 Å². The van der Waals surface area contributed by atoms with Crippen molar-refractivity contribution in [1.82, 2.24) is 24.5 Å². The van der Waals surface area contributed by atoms with Crippen LogP contribution in [0.1, 0.15) is 29.7 Å². The van der Waals surface area contributed by atoms with Gasteiger partial charge in [0.2, 0.25) is 5.78 Å². The third kappa shape index (κ3) is 2.45. The Kier molecular flexibility index (Phi) is 3.83. The molecule has 0 aliphatic rings. The lowest BCUT2D eigenvalue weighted by Gasteiger charge is -2.02. The lowest BCUT2D eigenvalue weighted by Crippen LogP contribution is -2.12. The van der Waals surface area contributed by atoms with Gasteiger partial charge in [0.25, 0.3) is 0 Å². The third-order valence-corrected chi connectivity index (χ3v) is 2.51. The van der Waals surface area contributed by atoms with Gasteiger partial charge in [-0.05, 0) is 6.42 Å². The van der Waals surface area contributed by atoms with Gasteiger partial charge in [0.15, 0.2) is 11.5 Å². The lowest BCUT2D eigenvalue weighted by atomic mass is 10.3. The number of rotatable bonds is 6. The van der Waals surface area contributed by atoms with Crippen LogP contribution in [0, 0.1) is 0 Å². The number of aryl methyl sites for hydroxylation is 1. The molecule has 0 spiro atoms. The second kappa shape index (κ2) is 5.54. The Morgan fingerprint density at radius 3 is 3.00 bits per heavy atom. The normalized spacial score (nSPS) is 10.8. The van der Waals surface area contributed by atoms with Gasteiger partial charge in [-0.2, -0.15) is 0 Å². The summed E-state index contributed by atoms with van der Waals surface area (Å²) in [5, 5.41) is 7.69. The van der Waals surface area contributed by atoms with Gasteiger partial charge in [-0.1, -0.05) is 12.1 Å². The minimum atomic E-state index is -0.211. The fourth-order valence-corrected chi connectivity index (χ4v) is 1.70. The molecule has 2 N–H and O–H groups in total.